The van der Waals surface area contributed by atoms with Crippen LogP contribution in [0.4, 0.5) is 0 Å². The highest BCUT2D eigenvalue weighted by Crippen LogP contribution is 2.53. The van der Waals surface area contributed by atoms with Crippen molar-refractivity contribution < 1.29 is 24.6 Å². The summed E-state index contributed by atoms with van der Waals surface area (Å²) in [4.78, 5) is 34.8. The predicted octanol–water partition coefficient (Wildman–Crippen LogP) is 2.52. The zero-order valence-corrected chi connectivity index (χ0v) is 18.9. The van der Waals surface area contributed by atoms with Crippen molar-refractivity contribution in [3.8, 4) is 11.5 Å². The maximum Gasteiger partial charge on any atom is 0.259 e. The van der Waals surface area contributed by atoms with Gasteiger partial charge in [-0.25, -0.2) is 0 Å². The smallest absolute Gasteiger partial charge is 0.259 e. The molecule has 7 N–H and O–H groups in total. The number of primary amides is 1. The Morgan fingerprint density at radius 3 is 1.92 bits per heavy atom. The van der Waals surface area contributed by atoms with E-state index in [4.69, 9.17) is 10.5 Å². The van der Waals surface area contributed by atoms with Gasteiger partial charge < -0.3 is 30.8 Å². The molecule has 3 aliphatic rings. The minimum Gasteiger partial charge on any atom is -0.508 e. The van der Waals surface area contributed by atoms with Crippen molar-refractivity contribution >= 4 is 61.8 Å². The first-order chi connectivity index (χ1) is 17.3. The highest BCUT2D eigenvalue weighted by molar-refractivity contribution is 6.39. The molecule has 0 saturated heterocycles. The fraction of sp³-hybridized carbons (Fsp3) is 0.192. The first kappa shape index (κ1) is 20.8. The molecule has 3 amide bonds. The maximum absolute atomic E-state index is 13.1. The van der Waals surface area contributed by atoms with Crippen molar-refractivity contribution in [2.75, 3.05) is 0 Å². The zero-order valence-electron chi connectivity index (χ0n) is 18.9. The number of nitrogens with zero attached hydrogens (tertiary/aromatic N) is 2. The van der Waals surface area contributed by atoms with Crippen molar-refractivity contribution in [3.05, 3.63) is 47.5 Å². The number of nitrogens with one attached hydrogen (secondary N) is 1. The number of aromatic hydroxyl groups is 2. The zero-order chi connectivity index (χ0) is 25.0. The number of aromatic nitrogens is 2. The van der Waals surface area contributed by atoms with Crippen LogP contribution in [-0.4, -0.2) is 43.6 Å². The molecule has 8 rings (SSSR count). The molecule has 5 aromatic rings. The lowest BCUT2D eigenvalue weighted by atomic mass is 9.96. The molecule has 0 spiro atoms. The quantitative estimate of drug-likeness (QED) is 0.168. The van der Waals surface area contributed by atoms with E-state index in [9.17, 15) is 19.8 Å². The summed E-state index contributed by atoms with van der Waals surface area (Å²) in [6.07, 6.45) is 1.85. The molecular formula is C26H21N5O5. The Labute approximate surface area is 202 Å². The number of hydrogen-bond donors (Lipinski definition) is 5. The third-order valence-electron chi connectivity index (χ3n) is 7.88. The molecule has 36 heavy (non-hydrogen) atoms. The van der Waals surface area contributed by atoms with Crippen LogP contribution < -0.4 is 16.8 Å². The minimum atomic E-state index is -0.445. The lowest BCUT2D eigenvalue weighted by molar-refractivity contribution is -0.106. The Balaban J connectivity index is 0.000000703. The molecule has 10 nitrogen and oxygen atoms in total. The monoisotopic (exact) mass is 483 g/mol. The van der Waals surface area contributed by atoms with Crippen molar-refractivity contribution in [2.24, 2.45) is 11.5 Å². The standard InChI is InChI=1S/C25H18N4O4.CH3NO/c26-14-5-9-6-17(14)29-16-4-2-11(31)8-13(16)19-21-20(24(32)27-25(21)33)18-12-7-10(30)1-3-15(12)28(9)22(18)23(19)29;2-1-3/h1-4,7-9,14,17,30-31H,5-6,26H2,(H,27,32,33);1H,(H2,2,3). The van der Waals surface area contributed by atoms with Gasteiger partial charge in [0.15, 0.2) is 0 Å². The first-order valence-corrected chi connectivity index (χ1v) is 11.6. The molecular weight excluding hydrogens is 462 g/mol. The van der Waals surface area contributed by atoms with E-state index in [1.807, 2.05) is 12.1 Å². The Bertz CT molecular complexity index is 1850. The summed E-state index contributed by atoms with van der Waals surface area (Å²) < 4.78 is 4.47. The molecule has 2 aliphatic heterocycles. The normalized spacial score (nSPS) is 21.8. The molecule has 3 aromatic carbocycles. The number of carbonyl (C=O) groups is 3. The van der Waals surface area contributed by atoms with Crippen molar-refractivity contribution in [1.82, 2.24) is 14.5 Å². The summed E-state index contributed by atoms with van der Waals surface area (Å²) in [5.41, 5.74) is 15.0. The predicted molar refractivity (Wildman–Crippen MR) is 133 cm³/mol. The number of benzene rings is 3. The van der Waals surface area contributed by atoms with Gasteiger partial charge in [0, 0.05) is 44.7 Å². The number of imide groups is 1. The van der Waals surface area contributed by atoms with Crippen LogP contribution in [0, 0.1) is 0 Å². The number of hydrogen-bond acceptors (Lipinski definition) is 6. The van der Waals surface area contributed by atoms with Crippen molar-refractivity contribution in [3.63, 3.8) is 0 Å². The number of phenols is 2. The fourth-order valence-electron chi connectivity index (χ4n) is 6.76. The third kappa shape index (κ3) is 2.31. The van der Waals surface area contributed by atoms with E-state index in [1.54, 1.807) is 24.3 Å². The highest BCUT2D eigenvalue weighted by Gasteiger charge is 2.44. The second kappa shape index (κ2) is 6.76. The summed E-state index contributed by atoms with van der Waals surface area (Å²) in [6, 6.07) is 10.4. The van der Waals surface area contributed by atoms with Gasteiger partial charge in [-0.3, -0.25) is 19.7 Å². The Hall–Kier alpha value is -4.57. The Morgan fingerprint density at radius 1 is 0.861 bits per heavy atom. The number of nitrogens with two attached hydrogens (primary N) is 2. The third-order valence-corrected chi connectivity index (χ3v) is 7.88. The van der Waals surface area contributed by atoms with Crippen LogP contribution in [0.25, 0.3) is 43.6 Å². The van der Waals surface area contributed by atoms with E-state index in [1.165, 1.54) is 0 Å². The van der Waals surface area contributed by atoms with Crippen LogP contribution in [0.1, 0.15) is 45.6 Å². The molecule has 3 atom stereocenters. The van der Waals surface area contributed by atoms with E-state index in [2.05, 4.69) is 20.2 Å². The van der Waals surface area contributed by atoms with Crippen LogP contribution >= 0.6 is 0 Å². The van der Waals surface area contributed by atoms with Crippen LogP contribution in [-0.2, 0) is 4.79 Å². The van der Waals surface area contributed by atoms with Crippen molar-refractivity contribution in [2.45, 2.75) is 31.0 Å². The van der Waals surface area contributed by atoms with E-state index >= 15 is 0 Å². The van der Waals surface area contributed by atoms with Crippen LogP contribution in [0.2, 0.25) is 0 Å². The number of phenolic OH excluding ortho intramolecular Hbond substituents is 2. The van der Waals surface area contributed by atoms with Crippen LogP contribution in [0.3, 0.4) is 0 Å². The van der Waals surface area contributed by atoms with E-state index in [-0.39, 0.29) is 36.0 Å². The van der Waals surface area contributed by atoms with E-state index in [0.29, 0.717) is 21.9 Å². The molecule has 10 heteroatoms. The molecule has 180 valence electrons. The van der Waals surface area contributed by atoms with Gasteiger partial charge in [-0.2, -0.15) is 0 Å². The lowest BCUT2D eigenvalue weighted by Gasteiger charge is -2.21. The number of rotatable bonds is 0. The second-order valence-electron chi connectivity index (χ2n) is 9.62. The molecule has 0 radical (unpaired) electrons. The summed E-state index contributed by atoms with van der Waals surface area (Å²) >= 11 is 0. The highest BCUT2D eigenvalue weighted by atomic mass is 16.3. The number of amides is 3. The second-order valence-corrected chi connectivity index (χ2v) is 9.62. The number of fused-ring (bicyclic) bond motifs is 13. The van der Waals surface area contributed by atoms with E-state index < -0.39 is 11.8 Å². The van der Waals surface area contributed by atoms with Gasteiger partial charge in [-0.15, -0.1) is 0 Å². The Morgan fingerprint density at radius 2 is 1.36 bits per heavy atom. The molecule has 1 saturated carbocycles. The van der Waals surface area contributed by atoms with Crippen molar-refractivity contribution in [1.29, 1.82) is 0 Å². The van der Waals surface area contributed by atoms with Crippen LogP contribution in [0.15, 0.2) is 36.4 Å². The van der Waals surface area contributed by atoms with Gasteiger partial charge in [0.1, 0.15) is 11.5 Å². The van der Waals surface area contributed by atoms with Gasteiger partial charge in [-0.05, 0) is 49.2 Å². The molecule has 2 aromatic heterocycles. The van der Waals surface area contributed by atoms with E-state index in [0.717, 1.165) is 45.7 Å². The molecule has 3 unspecified atom stereocenters. The van der Waals surface area contributed by atoms with Gasteiger partial charge in [-0.1, -0.05) is 0 Å². The first-order valence-electron chi connectivity index (χ1n) is 11.6. The average Bonchev–Trinajstić information content (AvgIpc) is 3.51. The summed E-state index contributed by atoms with van der Waals surface area (Å²) in [7, 11) is 0. The summed E-state index contributed by atoms with van der Waals surface area (Å²) in [5, 5.41) is 25.9. The average molecular weight is 483 g/mol. The minimum absolute atomic E-state index is 0.0213. The summed E-state index contributed by atoms with van der Waals surface area (Å²) in [6.45, 7) is 0. The molecule has 1 aliphatic carbocycles. The Kier molecular flexibility index (Phi) is 3.90. The van der Waals surface area contributed by atoms with Gasteiger partial charge in [0.2, 0.25) is 6.41 Å². The molecule has 2 bridgehead atoms. The summed E-state index contributed by atoms with van der Waals surface area (Å²) in [5.74, 6) is -0.689. The maximum atomic E-state index is 13.1. The van der Waals surface area contributed by atoms with Gasteiger partial charge in [0.25, 0.3) is 11.8 Å². The fourth-order valence-corrected chi connectivity index (χ4v) is 6.76. The molecule has 1 fully saturated rings. The van der Waals surface area contributed by atoms with Gasteiger partial charge >= 0.3 is 0 Å². The molecule has 4 heterocycles. The lowest BCUT2D eigenvalue weighted by Crippen LogP contribution is -2.27. The van der Waals surface area contributed by atoms with Gasteiger partial charge in [0.05, 0.1) is 28.2 Å². The SMILES string of the molecule is NC1CC2CC1n1c3ccc(O)cc3c3c4c(c5c6cc(O)ccc6n2c5c31)C(=O)NC4=O.NC=O. The topological polar surface area (TPSA) is 166 Å². The largest absolute Gasteiger partial charge is 0.508 e. The van der Waals surface area contributed by atoms with Crippen LogP contribution in [0.5, 0.6) is 11.5 Å². The number of carbonyl (C=O) groups excluding carboxylic acids is 3.